The van der Waals surface area contributed by atoms with Crippen LogP contribution in [0.4, 0.5) is 0 Å². The quantitative estimate of drug-likeness (QED) is 0.0268. The Morgan fingerprint density at radius 2 is 0.800 bits per heavy atom. The van der Waals surface area contributed by atoms with Gasteiger partial charge in [0.15, 0.2) is 0 Å². The highest BCUT2D eigenvalue weighted by molar-refractivity contribution is 7.47. The number of allylic oxidation sites excluding steroid dienone is 16. The van der Waals surface area contributed by atoms with Gasteiger partial charge >= 0.3 is 13.8 Å². The fraction of sp³-hybridized carbons (Fsp3) is 0.721. The summed E-state index contributed by atoms with van der Waals surface area (Å²) in [7, 11) is -4.30. The molecule has 0 amide bonds. The lowest BCUT2D eigenvalue weighted by atomic mass is 10.0. The first-order valence-corrected chi connectivity index (χ1v) is 30.2. The molecule has 8 nitrogen and oxygen atoms in total. The molecular weight excluding hydrogens is 890 g/mol. The Morgan fingerprint density at radius 1 is 0.443 bits per heavy atom. The maximum Gasteiger partial charge on any atom is 0.472 e. The zero-order valence-electron chi connectivity index (χ0n) is 45.2. The van der Waals surface area contributed by atoms with E-state index in [9.17, 15) is 14.3 Å². The molecular formula is C61H108NO7P. The Morgan fingerprint density at radius 3 is 1.20 bits per heavy atom. The van der Waals surface area contributed by atoms with Gasteiger partial charge in [0, 0.05) is 19.6 Å². The Labute approximate surface area is 431 Å². The maximum atomic E-state index is 12.7. The van der Waals surface area contributed by atoms with Crippen molar-refractivity contribution in [2.45, 2.75) is 251 Å². The van der Waals surface area contributed by atoms with Crippen LogP contribution in [0.15, 0.2) is 97.2 Å². The lowest BCUT2D eigenvalue weighted by Gasteiger charge is -2.20. The van der Waals surface area contributed by atoms with E-state index in [1.54, 1.807) is 0 Å². The lowest BCUT2D eigenvalue weighted by Crippen LogP contribution is -2.28. The zero-order valence-corrected chi connectivity index (χ0v) is 46.1. The lowest BCUT2D eigenvalue weighted by molar-refractivity contribution is -0.154. The molecule has 0 aliphatic heterocycles. The van der Waals surface area contributed by atoms with E-state index in [0.29, 0.717) is 13.0 Å². The van der Waals surface area contributed by atoms with Crippen molar-refractivity contribution in [1.82, 2.24) is 0 Å². The van der Waals surface area contributed by atoms with Crippen LogP contribution < -0.4 is 5.73 Å². The molecule has 2 atom stereocenters. The van der Waals surface area contributed by atoms with Gasteiger partial charge in [0.1, 0.15) is 6.10 Å². The minimum Gasteiger partial charge on any atom is -0.457 e. The number of hydrogen-bond acceptors (Lipinski definition) is 7. The van der Waals surface area contributed by atoms with Gasteiger partial charge in [-0.2, -0.15) is 0 Å². The number of carbonyl (C=O) groups excluding carboxylic acids is 1. The fourth-order valence-corrected chi connectivity index (χ4v) is 8.56. The second-order valence-corrected chi connectivity index (χ2v) is 20.2. The minimum atomic E-state index is -4.30. The molecule has 0 aliphatic rings. The predicted octanol–water partition coefficient (Wildman–Crippen LogP) is 18.5. The molecule has 0 spiro atoms. The third-order valence-electron chi connectivity index (χ3n) is 12.0. The summed E-state index contributed by atoms with van der Waals surface area (Å²) in [4.78, 5) is 22.7. The van der Waals surface area contributed by atoms with Crippen molar-refractivity contribution in [2.75, 3.05) is 33.0 Å². The summed E-state index contributed by atoms with van der Waals surface area (Å²) in [5, 5.41) is 0. The van der Waals surface area contributed by atoms with Gasteiger partial charge in [-0.15, -0.1) is 0 Å². The third kappa shape index (κ3) is 56.3. The molecule has 0 rings (SSSR count). The highest BCUT2D eigenvalue weighted by Crippen LogP contribution is 2.43. The first-order chi connectivity index (χ1) is 34.4. The van der Waals surface area contributed by atoms with Gasteiger partial charge in [0.2, 0.25) is 0 Å². The Hall–Kier alpha value is -2.58. The van der Waals surface area contributed by atoms with Crippen LogP contribution in [-0.2, 0) is 27.9 Å². The topological polar surface area (TPSA) is 117 Å². The van der Waals surface area contributed by atoms with Gasteiger partial charge in [-0.05, 0) is 96.3 Å². The van der Waals surface area contributed by atoms with Crippen molar-refractivity contribution in [2.24, 2.45) is 5.73 Å². The number of hydrogen-bond donors (Lipinski definition) is 2. The summed E-state index contributed by atoms with van der Waals surface area (Å²) in [5.41, 5.74) is 5.40. The molecule has 0 saturated carbocycles. The molecule has 0 aromatic rings. The van der Waals surface area contributed by atoms with E-state index in [1.807, 2.05) is 0 Å². The van der Waals surface area contributed by atoms with Gasteiger partial charge in [-0.3, -0.25) is 13.8 Å². The summed E-state index contributed by atoms with van der Waals surface area (Å²) in [6, 6.07) is 0. The molecule has 3 N–H and O–H groups in total. The predicted molar refractivity (Wildman–Crippen MR) is 302 cm³/mol. The number of phosphoric acid groups is 1. The number of unbranched alkanes of at least 4 members (excludes halogenated alkanes) is 25. The van der Waals surface area contributed by atoms with Crippen LogP contribution in [0.25, 0.3) is 0 Å². The number of nitrogens with two attached hydrogens (primary N) is 1. The number of ether oxygens (including phenoxy) is 2. The smallest absolute Gasteiger partial charge is 0.457 e. The van der Waals surface area contributed by atoms with Crippen LogP contribution in [0.3, 0.4) is 0 Å². The minimum absolute atomic E-state index is 0.0938. The molecule has 0 aromatic heterocycles. The Bertz CT molecular complexity index is 1400. The molecule has 404 valence electrons. The second-order valence-electron chi connectivity index (χ2n) is 18.8. The first-order valence-electron chi connectivity index (χ1n) is 28.7. The normalized spacial score (nSPS) is 13.9. The van der Waals surface area contributed by atoms with Gasteiger partial charge in [-0.25, -0.2) is 4.57 Å². The van der Waals surface area contributed by atoms with Crippen LogP contribution in [0.2, 0.25) is 0 Å². The van der Waals surface area contributed by atoms with Gasteiger partial charge in [0.05, 0.1) is 19.8 Å². The summed E-state index contributed by atoms with van der Waals surface area (Å²) in [6.45, 7) is 4.78. The van der Waals surface area contributed by atoms with E-state index in [4.69, 9.17) is 24.3 Å². The van der Waals surface area contributed by atoms with E-state index in [-0.39, 0.29) is 32.3 Å². The van der Waals surface area contributed by atoms with Crippen LogP contribution >= 0.6 is 7.82 Å². The molecule has 0 radical (unpaired) electrons. The fourth-order valence-electron chi connectivity index (χ4n) is 7.80. The summed E-state index contributed by atoms with van der Waals surface area (Å²) >= 11 is 0. The molecule has 0 saturated heterocycles. The largest absolute Gasteiger partial charge is 0.472 e. The van der Waals surface area contributed by atoms with Crippen molar-refractivity contribution in [1.29, 1.82) is 0 Å². The average Bonchev–Trinajstić information content (AvgIpc) is 3.35. The highest BCUT2D eigenvalue weighted by Gasteiger charge is 2.25. The molecule has 70 heavy (non-hydrogen) atoms. The zero-order chi connectivity index (χ0) is 50.8. The van der Waals surface area contributed by atoms with E-state index in [1.165, 1.54) is 135 Å². The molecule has 0 bridgehead atoms. The van der Waals surface area contributed by atoms with Crippen molar-refractivity contribution in [3.8, 4) is 0 Å². The van der Waals surface area contributed by atoms with Crippen LogP contribution in [-0.4, -0.2) is 49.9 Å². The molecule has 2 unspecified atom stereocenters. The van der Waals surface area contributed by atoms with Gasteiger partial charge in [0.25, 0.3) is 0 Å². The summed E-state index contributed by atoms with van der Waals surface area (Å²) < 4.78 is 33.7. The number of rotatable bonds is 54. The standard InChI is InChI=1S/C61H108NO7P/c1-3-5-7-9-11-13-15-17-19-21-23-25-27-29-31-33-35-37-39-41-43-45-47-49-51-53-56-66-58-60(59-68-70(64,65)67-57-55-62)69-61(63)54-52-50-48-46-44-42-40-38-36-34-32-30-28-26-24-22-20-18-16-14-12-10-8-6-4-2/h5,7,11,13,16-19,22-25,29,31,35,37,60H,3-4,6,8-10,12,14-15,20-21,26-28,30,32-34,36,38-59,62H2,1-2H3,(H,64,65)/b7-5-,13-11-,18-16-,19-17-,24-22-,25-23-,31-29-,37-35-. The second kappa shape index (κ2) is 57.3. The first kappa shape index (κ1) is 67.4. The SMILES string of the molecule is CC/C=C\C/C=C\C/C=C\C/C=C\C/C=C\C/C=C\CCCCCCCCCOCC(COP(=O)(O)OCCN)OC(=O)CCCCCCCCCCCCCCC/C=C\C/C=C\CCCCCCC. The maximum absolute atomic E-state index is 12.7. The van der Waals surface area contributed by atoms with Crippen molar-refractivity contribution in [3.05, 3.63) is 97.2 Å². The Balaban J connectivity index is 3.95. The number of carbonyl (C=O) groups is 1. The third-order valence-corrected chi connectivity index (χ3v) is 13.0. The number of phosphoric ester groups is 1. The van der Waals surface area contributed by atoms with Crippen LogP contribution in [0, 0.1) is 0 Å². The summed E-state index contributed by atoms with van der Waals surface area (Å²) in [5.74, 6) is -0.336. The van der Waals surface area contributed by atoms with Crippen LogP contribution in [0.5, 0.6) is 0 Å². The van der Waals surface area contributed by atoms with E-state index < -0.39 is 13.9 Å². The molecule has 0 fully saturated rings. The van der Waals surface area contributed by atoms with Crippen molar-refractivity contribution < 1.29 is 32.8 Å². The van der Waals surface area contributed by atoms with Gasteiger partial charge in [-0.1, -0.05) is 239 Å². The van der Waals surface area contributed by atoms with E-state index in [2.05, 4.69) is 111 Å². The highest BCUT2D eigenvalue weighted by atomic mass is 31.2. The molecule has 0 aromatic carbocycles. The molecule has 0 heterocycles. The van der Waals surface area contributed by atoms with E-state index in [0.717, 1.165) is 89.9 Å². The molecule has 9 heteroatoms. The average molecular weight is 999 g/mol. The van der Waals surface area contributed by atoms with Gasteiger partial charge < -0.3 is 20.1 Å². The van der Waals surface area contributed by atoms with E-state index >= 15 is 0 Å². The number of esters is 1. The van der Waals surface area contributed by atoms with Crippen LogP contribution in [0.1, 0.15) is 245 Å². The Kier molecular flexibility index (Phi) is 55.2. The molecule has 0 aliphatic carbocycles. The summed E-state index contributed by atoms with van der Waals surface area (Å²) in [6.07, 6.45) is 77.4. The van der Waals surface area contributed by atoms with Crippen molar-refractivity contribution >= 4 is 13.8 Å². The van der Waals surface area contributed by atoms with Crippen molar-refractivity contribution in [3.63, 3.8) is 0 Å². The monoisotopic (exact) mass is 998 g/mol.